The summed E-state index contributed by atoms with van der Waals surface area (Å²) in [6, 6.07) is 0. The second kappa shape index (κ2) is 20.6. The van der Waals surface area contributed by atoms with Gasteiger partial charge in [-0.2, -0.15) is 0 Å². The molecule has 0 N–H and O–H groups in total. The Kier molecular flexibility index (Phi) is 86.8. The van der Waals surface area contributed by atoms with E-state index in [2.05, 4.69) is 15.7 Å². The van der Waals surface area contributed by atoms with E-state index in [1.165, 1.54) is 0 Å². The quantitative estimate of drug-likeness (QED) is 0.347. The molecule has 0 heterocycles. The summed E-state index contributed by atoms with van der Waals surface area (Å²) in [7, 11) is 0. The third-order valence-electron chi connectivity index (χ3n) is 0. The minimum absolute atomic E-state index is 0. The van der Waals surface area contributed by atoms with Crippen molar-refractivity contribution in [3.63, 3.8) is 0 Å². The van der Waals surface area contributed by atoms with Crippen LogP contribution in [0.3, 0.4) is 0 Å². The van der Waals surface area contributed by atoms with E-state index in [0.29, 0.717) is 0 Å². The Morgan fingerprint density at radius 1 is 1.25 bits per heavy atom. The molecule has 0 atom stereocenters. The van der Waals surface area contributed by atoms with Crippen molar-refractivity contribution in [2.75, 3.05) is 0 Å². The van der Waals surface area contributed by atoms with Gasteiger partial charge in [0.25, 0.3) is 0 Å². The van der Waals surface area contributed by atoms with Gasteiger partial charge in [-0.05, 0) is 0 Å². The zero-order chi connectivity index (χ0) is 2.00. The summed E-state index contributed by atoms with van der Waals surface area (Å²) in [5.41, 5.74) is 0. The van der Waals surface area contributed by atoms with Crippen LogP contribution >= 0.6 is 0 Å². The topological polar surface area (TPSA) is 17.1 Å². The molecule has 1 nitrogen and oxygen atoms in total. The Labute approximate surface area is 67.2 Å². The maximum atomic E-state index is 7.94. The summed E-state index contributed by atoms with van der Waals surface area (Å²) < 4.78 is 7.94. The molecular formula is H2CoLiNaO. The monoisotopic (exact) mass is 107 g/mol. The van der Waals surface area contributed by atoms with Crippen molar-refractivity contribution in [2.24, 2.45) is 0 Å². The van der Waals surface area contributed by atoms with E-state index in [-0.39, 0.29) is 48.4 Å². The Morgan fingerprint density at radius 2 is 1.25 bits per heavy atom. The van der Waals surface area contributed by atoms with Crippen molar-refractivity contribution < 1.29 is 19.5 Å². The Bertz CT molecular complexity index is 8.00. The Balaban J connectivity index is -0.00000000500. The zero-order valence-electron chi connectivity index (χ0n) is 0.742. The van der Waals surface area contributed by atoms with Crippen LogP contribution in [0, 0.1) is 0 Å². The van der Waals surface area contributed by atoms with E-state index in [1.807, 2.05) is 0 Å². The molecule has 0 radical (unpaired) electrons. The SMILES string of the molecule is [LiH].[NaH].[O]=[Co]. The van der Waals surface area contributed by atoms with Gasteiger partial charge in [-0.25, -0.2) is 0 Å². The molecule has 0 aromatic rings. The first-order valence-electron chi connectivity index (χ1n) is 0.136. The molecule has 0 rings (SSSR count). The van der Waals surface area contributed by atoms with Gasteiger partial charge in [0.05, 0.1) is 0 Å². The molecule has 0 aliphatic rings. The van der Waals surface area contributed by atoms with E-state index in [9.17, 15) is 0 Å². The second-order valence-electron chi connectivity index (χ2n) is 0. The van der Waals surface area contributed by atoms with Crippen molar-refractivity contribution in [1.82, 2.24) is 0 Å². The van der Waals surface area contributed by atoms with Crippen LogP contribution in [0.25, 0.3) is 0 Å². The number of rotatable bonds is 0. The maximum absolute atomic E-state index is 7.94. The fraction of sp³-hybridized carbons (Fsp3) is 0. The van der Waals surface area contributed by atoms with Crippen LogP contribution in [0.1, 0.15) is 0 Å². The molecule has 0 saturated carbocycles. The van der Waals surface area contributed by atoms with E-state index >= 15 is 0 Å². The van der Waals surface area contributed by atoms with Gasteiger partial charge in [-0.1, -0.05) is 0 Å². The summed E-state index contributed by atoms with van der Waals surface area (Å²) >= 11 is 2.31. The van der Waals surface area contributed by atoms with Gasteiger partial charge < -0.3 is 0 Å². The van der Waals surface area contributed by atoms with E-state index in [1.54, 1.807) is 0 Å². The van der Waals surface area contributed by atoms with Crippen LogP contribution < -0.4 is 0 Å². The third-order valence-corrected chi connectivity index (χ3v) is 0. The molecule has 0 aromatic heterocycles. The van der Waals surface area contributed by atoms with Crippen LogP contribution in [0.4, 0.5) is 0 Å². The molecule has 0 spiro atoms. The molecule has 19 valence electrons. The Hall–Kier alpha value is 1.90. The fourth-order valence-corrected chi connectivity index (χ4v) is 0. The molecule has 0 saturated heterocycles. The Morgan fingerprint density at radius 3 is 1.25 bits per heavy atom. The summed E-state index contributed by atoms with van der Waals surface area (Å²) in [5.74, 6) is 0. The normalized spacial score (nSPS) is 1.25. The molecule has 0 aliphatic heterocycles. The summed E-state index contributed by atoms with van der Waals surface area (Å²) in [6.07, 6.45) is 0. The summed E-state index contributed by atoms with van der Waals surface area (Å²) in [4.78, 5) is 0. The minimum atomic E-state index is 0. The van der Waals surface area contributed by atoms with Crippen molar-refractivity contribution in [1.29, 1.82) is 0 Å². The van der Waals surface area contributed by atoms with Gasteiger partial charge >= 0.3 is 68.0 Å². The third kappa shape index (κ3) is 9.08. The molecule has 0 unspecified atom stereocenters. The van der Waals surface area contributed by atoms with Crippen LogP contribution in [-0.4, -0.2) is 48.4 Å². The van der Waals surface area contributed by atoms with Crippen molar-refractivity contribution >= 4 is 48.4 Å². The second-order valence-corrected chi connectivity index (χ2v) is 0. The van der Waals surface area contributed by atoms with Crippen LogP contribution in [-0.2, 0) is 19.5 Å². The van der Waals surface area contributed by atoms with Crippen molar-refractivity contribution in [3.8, 4) is 0 Å². The first kappa shape index (κ1) is 16.8. The number of hydrogen-bond donors (Lipinski definition) is 0. The average molecular weight is 107 g/mol. The van der Waals surface area contributed by atoms with Gasteiger partial charge in [0.1, 0.15) is 0 Å². The van der Waals surface area contributed by atoms with Gasteiger partial charge in [-0.15, -0.1) is 0 Å². The molecule has 0 amide bonds. The fourth-order valence-electron chi connectivity index (χ4n) is 0. The van der Waals surface area contributed by atoms with Gasteiger partial charge in [0, 0.05) is 0 Å². The van der Waals surface area contributed by atoms with Crippen molar-refractivity contribution in [2.45, 2.75) is 0 Å². The predicted molar refractivity (Wildman–Crippen MR) is 15.0 cm³/mol. The average Bonchev–Trinajstić information content (AvgIpc) is 1.00. The van der Waals surface area contributed by atoms with Crippen LogP contribution in [0.5, 0.6) is 0 Å². The standard InChI is InChI=1S/Co.Li.Na.O.2H. The van der Waals surface area contributed by atoms with E-state index in [0.717, 1.165) is 0 Å². The van der Waals surface area contributed by atoms with E-state index in [4.69, 9.17) is 3.87 Å². The zero-order valence-corrected chi connectivity index (χ0v) is 1.78. The predicted octanol–water partition coefficient (Wildman–Crippen LogP) is -1.42. The van der Waals surface area contributed by atoms with Gasteiger partial charge in [0.15, 0.2) is 0 Å². The van der Waals surface area contributed by atoms with Crippen LogP contribution in [0.15, 0.2) is 0 Å². The molecule has 0 aliphatic carbocycles. The molecule has 4 heteroatoms. The summed E-state index contributed by atoms with van der Waals surface area (Å²) in [6.45, 7) is 0. The van der Waals surface area contributed by atoms with Gasteiger partial charge in [0.2, 0.25) is 0 Å². The van der Waals surface area contributed by atoms with Crippen LogP contribution in [0.2, 0.25) is 0 Å². The van der Waals surface area contributed by atoms with Gasteiger partial charge in [-0.3, -0.25) is 0 Å². The first-order chi connectivity index (χ1) is 1.00. The molecule has 0 fully saturated rings. The molecule has 0 aromatic carbocycles. The van der Waals surface area contributed by atoms with E-state index < -0.39 is 0 Å². The molecular weight excluding hydrogens is 105 g/mol. The molecule has 0 bridgehead atoms. The summed E-state index contributed by atoms with van der Waals surface area (Å²) in [5, 5.41) is 0. The first-order valence-corrected chi connectivity index (χ1v) is 0.561. The van der Waals surface area contributed by atoms with Crippen molar-refractivity contribution in [3.05, 3.63) is 0 Å². The molecule has 4 heavy (non-hydrogen) atoms. The number of hydrogen-bond acceptors (Lipinski definition) is 1.